The predicted molar refractivity (Wildman–Crippen MR) is 74.3 cm³/mol. The lowest BCUT2D eigenvalue weighted by atomic mass is 10.0. The molecular formula is C15H15F3N2. The molecule has 2 aromatic rings. The Kier molecular flexibility index (Phi) is 3.88. The van der Waals surface area contributed by atoms with E-state index in [1.165, 1.54) is 12.1 Å². The van der Waals surface area contributed by atoms with Gasteiger partial charge in [-0.05, 0) is 30.7 Å². The summed E-state index contributed by atoms with van der Waals surface area (Å²) in [7, 11) is 0. The molecule has 20 heavy (non-hydrogen) atoms. The van der Waals surface area contributed by atoms with Gasteiger partial charge in [-0.1, -0.05) is 30.3 Å². The van der Waals surface area contributed by atoms with Crippen molar-refractivity contribution in [3.05, 3.63) is 59.7 Å². The Morgan fingerprint density at radius 3 is 2.25 bits per heavy atom. The number of hydrogen-bond donors (Lipinski definition) is 2. The van der Waals surface area contributed by atoms with Crippen molar-refractivity contribution in [2.24, 2.45) is 0 Å². The lowest BCUT2D eigenvalue weighted by molar-refractivity contribution is -0.137. The zero-order valence-corrected chi connectivity index (χ0v) is 10.9. The van der Waals surface area contributed by atoms with Gasteiger partial charge in [0.2, 0.25) is 0 Å². The van der Waals surface area contributed by atoms with Gasteiger partial charge in [0.25, 0.3) is 0 Å². The van der Waals surface area contributed by atoms with Crippen molar-refractivity contribution < 1.29 is 13.2 Å². The molecule has 0 saturated heterocycles. The SMILES string of the molecule is CC(Nc1ccccc1C(F)(F)F)c1ccccc1N. The number of benzene rings is 2. The van der Waals surface area contributed by atoms with Gasteiger partial charge in [0.1, 0.15) is 0 Å². The molecule has 1 atom stereocenters. The van der Waals surface area contributed by atoms with E-state index in [0.717, 1.165) is 11.6 Å². The summed E-state index contributed by atoms with van der Waals surface area (Å²) in [5, 5.41) is 2.87. The van der Waals surface area contributed by atoms with Gasteiger partial charge in [0.05, 0.1) is 11.6 Å². The quantitative estimate of drug-likeness (QED) is 0.814. The van der Waals surface area contributed by atoms with Crippen molar-refractivity contribution in [1.29, 1.82) is 0 Å². The molecule has 0 fully saturated rings. The molecule has 0 heterocycles. The minimum absolute atomic E-state index is 0.0516. The number of nitrogen functional groups attached to an aromatic ring is 1. The highest BCUT2D eigenvalue weighted by atomic mass is 19.4. The van der Waals surface area contributed by atoms with E-state index in [0.29, 0.717) is 5.69 Å². The molecule has 0 saturated carbocycles. The zero-order valence-electron chi connectivity index (χ0n) is 10.9. The van der Waals surface area contributed by atoms with Gasteiger partial charge in [-0.25, -0.2) is 0 Å². The second-order valence-electron chi connectivity index (χ2n) is 4.54. The smallest absolute Gasteiger partial charge is 0.398 e. The number of halogens is 3. The second-order valence-corrected chi connectivity index (χ2v) is 4.54. The third-order valence-corrected chi connectivity index (χ3v) is 3.07. The first-order valence-electron chi connectivity index (χ1n) is 6.17. The Balaban J connectivity index is 2.29. The average molecular weight is 280 g/mol. The Morgan fingerprint density at radius 1 is 1.00 bits per heavy atom. The van der Waals surface area contributed by atoms with Crippen LogP contribution in [0.4, 0.5) is 24.5 Å². The number of anilines is 2. The summed E-state index contributed by atoms with van der Waals surface area (Å²) in [6.07, 6.45) is -4.38. The third-order valence-electron chi connectivity index (χ3n) is 3.07. The summed E-state index contributed by atoms with van der Waals surface area (Å²) >= 11 is 0. The normalized spacial score (nSPS) is 13.0. The zero-order chi connectivity index (χ0) is 14.8. The van der Waals surface area contributed by atoms with Gasteiger partial charge in [-0.2, -0.15) is 13.2 Å². The van der Waals surface area contributed by atoms with E-state index in [1.54, 1.807) is 37.3 Å². The molecule has 0 bridgehead atoms. The van der Waals surface area contributed by atoms with E-state index < -0.39 is 11.7 Å². The van der Waals surface area contributed by atoms with Crippen LogP contribution in [0.1, 0.15) is 24.1 Å². The van der Waals surface area contributed by atoms with Gasteiger partial charge in [0.15, 0.2) is 0 Å². The van der Waals surface area contributed by atoms with Crippen LogP contribution in [-0.4, -0.2) is 0 Å². The molecular weight excluding hydrogens is 265 g/mol. The third kappa shape index (κ3) is 3.04. The van der Waals surface area contributed by atoms with Gasteiger partial charge in [0, 0.05) is 11.4 Å². The molecule has 0 spiro atoms. The number of hydrogen-bond acceptors (Lipinski definition) is 2. The highest BCUT2D eigenvalue weighted by Gasteiger charge is 2.33. The summed E-state index contributed by atoms with van der Waals surface area (Å²) in [5.74, 6) is 0. The monoisotopic (exact) mass is 280 g/mol. The van der Waals surface area contributed by atoms with Crippen molar-refractivity contribution in [2.75, 3.05) is 11.1 Å². The summed E-state index contributed by atoms with van der Waals surface area (Å²) in [4.78, 5) is 0. The maximum atomic E-state index is 12.9. The minimum Gasteiger partial charge on any atom is -0.398 e. The van der Waals surface area contributed by atoms with Gasteiger partial charge >= 0.3 is 6.18 Å². The van der Waals surface area contributed by atoms with Crippen molar-refractivity contribution in [3.63, 3.8) is 0 Å². The van der Waals surface area contributed by atoms with Gasteiger partial charge in [-0.15, -0.1) is 0 Å². The summed E-state index contributed by atoms with van der Waals surface area (Å²) in [5.41, 5.74) is 6.53. The molecule has 0 aromatic heterocycles. The highest BCUT2D eigenvalue weighted by molar-refractivity contribution is 5.56. The molecule has 1 unspecified atom stereocenters. The van der Waals surface area contributed by atoms with Crippen LogP contribution in [0.15, 0.2) is 48.5 Å². The molecule has 0 radical (unpaired) electrons. The molecule has 3 N–H and O–H groups in total. The fourth-order valence-electron chi connectivity index (χ4n) is 2.07. The van der Waals surface area contributed by atoms with Crippen LogP contribution in [-0.2, 0) is 6.18 Å². The van der Waals surface area contributed by atoms with Gasteiger partial charge < -0.3 is 11.1 Å². The van der Waals surface area contributed by atoms with Crippen LogP contribution >= 0.6 is 0 Å². The molecule has 2 rings (SSSR count). The molecule has 0 amide bonds. The molecule has 0 aliphatic rings. The first kappa shape index (κ1) is 14.2. The Morgan fingerprint density at radius 2 is 1.60 bits per heavy atom. The Bertz CT molecular complexity index is 594. The molecule has 5 heteroatoms. The first-order valence-corrected chi connectivity index (χ1v) is 6.17. The summed E-state index contributed by atoms with van der Waals surface area (Å²) in [6.45, 7) is 1.78. The Hall–Kier alpha value is -2.17. The predicted octanol–water partition coefficient (Wildman–Crippen LogP) is 4.46. The van der Waals surface area contributed by atoms with Crippen LogP contribution in [0.2, 0.25) is 0 Å². The number of para-hydroxylation sites is 2. The van der Waals surface area contributed by atoms with Crippen LogP contribution in [0.25, 0.3) is 0 Å². The second kappa shape index (κ2) is 5.45. The van der Waals surface area contributed by atoms with Crippen LogP contribution in [0.3, 0.4) is 0 Å². The molecule has 2 aromatic carbocycles. The average Bonchev–Trinajstić information content (AvgIpc) is 2.38. The van der Waals surface area contributed by atoms with E-state index in [4.69, 9.17) is 5.73 Å². The van der Waals surface area contributed by atoms with E-state index in [-0.39, 0.29) is 11.7 Å². The van der Waals surface area contributed by atoms with Crippen molar-refractivity contribution in [2.45, 2.75) is 19.1 Å². The van der Waals surface area contributed by atoms with Crippen LogP contribution in [0, 0.1) is 0 Å². The minimum atomic E-state index is -4.38. The van der Waals surface area contributed by atoms with Crippen LogP contribution < -0.4 is 11.1 Å². The topological polar surface area (TPSA) is 38.0 Å². The number of nitrogens with two attached hydrogens (primary N) is 1. The fourth-order valence-corrected chi connectivity index (χ4v) is 2.07. The van der Waals surface area contributed by atoms with Crippen molar-refractivity contribution in [1.82, 2.24) is 0 Å². The maximum Gasteiger partial charge on any atom is 0.418 e. The summed E-state index contributed by atoms with van der Waals surface area (Å²) < 4.78 is 38.7. The van der Waals surface area contributed by atoms with Gasteiger partial charge in [-0.3, -0.25) is 0 Å². The maximum absolute atomic E-state index is 12.9. The Labute approximate surface area is 115 Å². The molecule has 106 valence electrons. The lowest BCUT2D eigenvalue weighted by Crippen LogP contribution is -2.14. The highest BCUT2D eigenvalue weighted by Crippen LogP contribution is 2.36. The van der Waals surface area contributed by atoms with Crippen molar-refractivity contribution >= 4 is 11.4 Å². The first-order chi connectivity index (χ1) is 9.39. The van der Waals surface area contributed by atoms with E-state index in [1.807, 2.05) is 0 Å². The number of nitrogens with one attached hydrogen (secondary N) is 1. The number of alkyl halides is 3. The molecule has 2 nitrogen and oxygen atoms in total. The van der Waals surface area contributed by atoms with Crippen molar-refractivity contribution in [3.8, 4) is 0 Å². The fraction of sp³-hybridized carbons (Fsp3) is 0.200. The summed E-state index contributed by atoms with van der Waals surface area (Å²) in [6, 6.07) is 12.2. The lowest BCUT2D eigenvalue weighted by Gasteiger charge is -2.20. The van der Waals surface area contributed by atoms with E-state index >= 15 is 0 Å². The van der Waals surface area contributed by atoms with Crippen LogP contribution in [0.5, 0.6) is 0 Å². The van der Waals surface area contributed by atoms with E-state index in [2.05, 4.69) is 5.32 Å². The largest absolute Gasteiger partial charge is 0.418 e. The number of rotatable bonds is 3. The molecule has 0 aliphatic heterocycles. The molecule has 0 aliphatic carbocycles. The standard InChI is InChI=1S/C15H15F3N2/c1-10(11-6-2-4-8-13(11)19)20-14-9-5-3-7-12(14)15(16,17)18/h2-10,20H,19H2,1H3. The van der Waals surface area contributed by atoms with E-state index in [9.17, 15) is 13.2 Å².